The third kappa shape index (κ3) is 6.40. The number of hydrogen-bond acceptors (Lipinski definition) is 3. The van der Waals surface area contributed by atoms with E-state index in [9.17, 15) is 14.7 Å². The summed E-state index contributed by atoms with van der Waals surface area (Å²) in [6.45, 7) is 9.69. The largest absolute Gasteiger partial charge is 0.392 e. The first-order valence-electron chi connectivity index (χ1n) is 8.05. The summed E-state index contributed by atoms with van der Waals surface area (Å²) in [7, 11) is 0. The number of benzene rings is 1. The highest BCUT2D eigenvalue weighted by molar-refractivity contribution is 5.96. The molecule has 0 heterocycles. The van der Waals surface area contributed by atoms with E-state index in [4.69, 9.17) is 0 Å². The van der Waals surface area contributed by atoms with Crippen molar-refractivity contribution >= 4 is 17.5 Å². The van der Waals surface area contributed by atoms with Crippen molar-refractivity contribution in [2.24, 2.45) is 5.92 Å². The molecule has 1 unspecified atom stereocenters. The Morgan fingerprint density at radius 1 is 1.17 bits per heavy atom. The van der Waals surface area contributed by atoms with Crippen molar-refractivity contribution in [1.29, 1.82) is 0 Å². The first kappa shape index (κ1) is 19.2. The van der Waals surface area contributed by atoms with E-state index in [0.717, 1.165) is 6.42 Å². The normalized spacial score (nSPS) is 12.8. The minimum Gasteiger partial charge on any atom is -0.392 e. The maximum absolute atomic E-state index is 12.1. The molecule has 0 saturated heterocycles. The first-order valence-corrected chi connectivity index (χ1v) is 8.05. The van der Waals surface area contributed by atoms with Crippen LogP contribution in [-0.4, -0.2) is 28.6 Å². The van der Waals surface area contributed by atoms with Crippen LogP contribution in [0.25, 0.3) is 0 Å². The molecule has 1 aromatic rings. The number of hydrogen-bond donors (Lipinski definition) is 3. The molecule has 0 aromatic heterocycles. The Labute approximate surface area is 138 Å². The van der Waals surface area contributed by atoms with Crippen molar-refractivity contribution in [3.8, 4) is 0 Å². The molecule has 5 heteroatoms. The van der Waals surface area contributed by atoms with Gasteiger partial charge in [-0.15, -0.1) is 0 Å². The Kier molecular flexibility index (Phi) is 6.76. The van der Waals surface area contributed by atoms with Crippen LogP contribution in [0.4, 0.5) is 5.69 Å². The molecule has 0 aliphatic carbocycles. The van der Waals surface area contributed by atoms with E-state index in [-0.39, 0.29) is 29.7 Å². The lowest BCUT2D eigenvalue weighted by atomic mass is 10.0. The van der Waals surface area contributed by atoms with Crippen LogP contribution in [0.3, 0.4) is 0 Å². The number of aliphatic hydroxyl groups is 1. The fraction of sp³-hybridized carbons (Fsp3) is 0.556. The van der Waals surface area contributed by atoms with Crippen LogP contribution in [0, 0.1) is 5.92 Å². The van der Waals surface area contributed by atoms with Gasteiger partial charge in [0.2, 0.25) is 5.91 Å². The van der Waals surface area contributed by atoms with E-state index in [0.29, 0.717) is 11.3 Å². The molecule has 0 radical (unpaired) electrons. The molecule has 3 N–H and O–H groups in total. The first-order chi connectivity index (χ1) is 10.6. The summed E-state index contributed by atoms with van der Waals surface area (Å²) in [5.41, 5.74) is 0.903. The van der Waals surface area contributed by atoms with Crippen LogP contribution in [0.1, 0.15) is 57.8 Å². The lowest BCUT2D eigenvalue weighted by Crippen LogP contribution is -2.42. The minimum atomic E-state index is -0.656. The molecular weight excluding hydrogens is 292 g/mol. The number of anilines is 1. The van der Waals surface area contributed by atoms with Gasteiger partial charge in [0.05, 0.1) is 12.5 Å². The molecular formula is C18H28N2O3. The van der Waals surface area contributed by atoms with E-state index >= 15 is 0 Å². The summed E-state index contributed by atoms with van der Waals surface area (Å²) in [4.78, 5) is 24.0. The van der Waals surface area contributed by atoms with Gasteiger partial charge in [0.15, 0.2) is 0 Å². The van der Waals surface area contributed by atoms with Crippen molar-refractivity contribution in [3.05, 3.63) is 29.8 Å². The SMILES string of the molecule is CCC(C)(C)NC(=O)c1ccc(NC(=O)CC(O)C(C)C)cc1. The van der Waals surface area contributed by atoms with Gasteiger partial charge in [-0.2, -0.15) is 0 Å². The van der Waals surface area contributed by atoms with E-state index in [2.05, 4.69) is 10.6 Å². The topological polar surface area (TPSA) is 78.4 Å². The Balaban J connectivity index is 2.63. The van der Waals surface area contributed by atoms with Gasteiger partial charge >= 0.3 is 0 Å². The predicted octanol–water partition coefficient (Wildman–Crippen LogP) is 2.95. The molecule has 0 bridgehead atoms. The summed E-state index contributed by atoms with van der Waals surface area (Å²) >= 11 is 0. The third-order valence-corrected chi connectivity index (χ3v) is 3.93. The van der Waals surface area contributed by atoms with Crippen LogP contribution < -0.4 is 10.6 Å². The average molecular weight is 320 g/mol. The lowest BCUT2D eigenvalue weighted by molar-refractivity contribution is -0.118. The zero-order valence-electron chi connectivity index (χ0n) is 14.6. The monoisotopic (exact) mass is 320 g/mol. The van der Waals surface area contributed by atoms with Gasteiger partial charge in [0.1, 0.15) is 0 Å². The quantitative estimate of drug-likeness (QED) is 0.723. The van der Waals surface area contributed by atoms with Crippen molar-refractivity contribution in [2.45, 2.75) is 59.1 Å². The molecule has 1 aromatic carbocycles. The van der Waals surface area contributed by atoms with Crippen molar-refractivity contribution in [1.82, 2.24) is 5.32 Å². The van der Waals surface area contributed by atoms with Crippen molar-refractivity contribution in [3.63, 3.8) is 0 Å². The second-order valence-corrected chi connectivity index (χ2v) is 6.83. The van der Waals surface area contributed by atoms with Crippen molar-refractivity contribution < 1.29 is 14.7 Å². The fourth-order valence-electron chi connectivity index (χ4n) is 1.81. The summed E-state index contributed by atoms with van der Waals surface area (Å²) in [5.74, 6) is -0.339. The lowest BCUT2D eigenvalue weighted by Gasteiger charge is -2.24. The molecule has 0 aliphatic rings. The predicted molar refractivity (Wildman–Crippen MR) is 92.4 cm³/mol. The number of nitrogens with one attached hydrogen (secondary N) is 2. The standard InChI is InChI=1S/C18H28N2O3/c1-6-18(4,5)20-17(23)13-7-9-14(10-8-13)19-16(22)11-15(21)12(2)3/h7-10,12,15,21H,6,11H2,1-5H3,(H,19,22)(H,20,23). The number of rotatable bonds is 7. The number of carbonyl (C=O) groups is 2. The van der Waals surface area contributed by atoms with Gasteiger partial charge in [0.25, 0.3) is 5.91 Å². The zero-order valence-corrected chi connectivity index (χ0v) is 14.6. The van der Waals surface area contributed by atoms with Gasteiger partial charge in [-0.25, -0.2) is 0 Å². The highest BCUT2D eigenvalue weighted by Gasteiger charge is 2.19. The van der Waals surface area contributed by atoms with Gasteiger partial charge in [0, 0.05) is 16.8 Å². The highest BCUT2D eigenvalue weighted by atomic mass is 16.3. The van der Waals surface area contributed by atoms with Crippen LogP contribution in [0.2, 0.25) is 0 Å². The van der Waals surface area contributed by atoms with E-state index in [1.165, 1.54) is 0 Å². The maximum Gasteiger partial charge on any atom is 0.251 e. The minimum absolute atomic E-state index is 0.0359. The Bertz CT molecular complexity index is 536. The molecule has 2 amide bonds. The van der Waals surface area contributed by atoms with E-state index in [1.807, 2.05) is 34.6 Å². The van der Waals surface area contributed by atoms with Crippen LogP contribution >= 0.6 is 0 Å². The van der Waals surface area contributed by atoms with E-state index in [1.54, 1.807) is 24.3 Å². The molecule has 128 valence electrons. The molecule has 0 aliphatic heterocycles. The van der Waals surface area contributed by atoms with Crippen molar-refractivity contribution in [2.75, 3.05) is 5.32 Å². The molecule has 23 heavy (non-hydrogen) atoms. The molecule has 5 nitrogen and oxygen atoms in total. The van der Waals surface area contributed by atoms with Crippen LogP contribution in [-0.2, 0) is 4.79 Å². The van der Waals surface area contributed by atoms with Gasteiger partial charge in [-0.3, -0.25) is 9.59 Å². The van der Waals surface area contributed by atoms with Crippen LogP contribution in [0.15, 0.2) is 24.3 Å². The maximum atomic E-state index is 12.1. The molecule has 1 atom stereocenters. The number of carbonyl (C=O) groups excluding carboxylic acids is 2. The molecule has 0 saturated carbocycles. The Morgan fingerprint density at radius 3 is 2.22 bits per heavy atom. The Hall–Kier alpha value is -1.88. The summed E-state index contributed by atoms with van der Waals surface area (Å²) < 4.78 is 0. The smallest absolute Gasteiger partial charge is 0.251 e. The molecule has 0 fully saturated rings. The third-order valence-electron chi connectivity index (χ3n) is 3.93. The van der Waals surface area contributed by atoms with Gasteiger partial charge in [-0.1, -0.05) is 20.8 Å². The van der Waals surface area contributed by atoms with Gasteiger partial charge < -0.3 is 15.7 Å². The summed E-state index contributed by atoms with van der Waals surface area (Å²) in [6.07, 6.45) is 0.242. The van der Waals surface area contributed by atoms with Crippen LogP contribution in [0.5, 0.6) is 0 Å². The summed E-state index contributed by atoms with van der Waals surface area (Å²) in [6, 6.07) is 6.73. The highest BCUT2D eigenvalue weighted by Crippen LogP contribution is 2.14. The number of aliphatic hydroxyl groups excluding tert-OH is 1. The average Bonchev–Trinajstić information content (AvgIpc) is 2.47. The molecule has 1 rings (SSSR count). The second-order valence-electron chi connectivity index (χ2n) is 6.83. The Morgan fingerprint density at radius 2 is 1.74 bits per heavy atom. The zero-order chi connectivity index (χ0) is 17.6. The fourth-order valence-corrected chi connectivity index (χ4v) is 1.81. The number of amides is 2. The molecule has 0 spiro atoms. The second kappa shape index (κ2) is 8.11. The van der Waals surface area contributed by atoms with Gasteiger partial charge in [-0.05, 0) is 50.5 Å². The summed E-state index contributed by atoms with van der Waals surface area (Å²) in [5, 5.41) is 15.4. The van der Waals surface area contributed by atoms with E-state index < -0.39 is 6.10 Å².